The molecule has 0 spiro atoms. The number of anilines is 1. The number of benzene rings is 1. The minimum Gasteiger partial charge on any atom is -0.489 e. The van der Waals surface area contributed by atoms with Gasteiger partial charge < -0.3 is 20.1 Å². The second-order valence-corrected chi connectivity index (χ2v) is 5.38. The van der Waals surface area contributed by atoms with Crippen LogP contribution in [-0.4, -0.2) is 41.8 Å². The van der Waals surface area contributed by atoms with E-state index in [1.165, 1.54) is 0 Å². The van der Waals surface area contributed by atoms with Crippen molar-refractivity contribution < 1.29 is 14.6 Å². The van der Waals surface area contributed by atoms with E-state index in [0.29, 0.717) is 24.6 Å². The summed E-state index contributed by atoms with van der Waals surface area (Å²) in [6.07, 6.45) is 1.78. The summed E-state index contributed by atoms with van der Waals surface area (Å²) in [7, 11) is 0. The van der Waals surface area contributed by atoms with Crippen LogP contribution in [0, 0.1) is 0 Å². The Kier molecular flexibility index (Phi) is 5.22. The third kappa shape index (κ3) is 4.23. The maximum absolute atomic E-state index is 12.2. The maximum Gasteiger partial charge on any atom is 0.322 e. The van der Waals surface area contributed by atoms with Crippen LogP contribution in [0.5, 0.6) is 5.75 Å². The summed E-state index contributed by atoms with van der Waals surface area (Å²) in [5.41, 5.74) is 1.62. The standard InChI is InChI=1S/C16H22N2O3/c1-12(2)11-21-15-7-3-5-13(9-15)17-16(20)18-8-4-6-14(18)10-19/h3,5,7,9,14,19H,1,4,6,8,10-11H2,2H3,(H,17,20)/t14-/m0/s1. The molecule has 0 aliphatic carbocycles. The second kappa shape index (κ2) is 7.13. The summed E-state index contributed by atoms with van der Waals surface area (Å²) in [4.78, 5) is 13.9. The van der Waals surface area contributed by atoms with Crippen LogP contribution < -0.4 is 10.1 Å². The molecule has 0 bridgehead atoms. The van der Waals surface area contributed by atoms with E-state index in [0.717, 1.165) is 18.4 Å². The first-order valence-corrected chi connectivity index (χ1v) is 7.16. The number of hydrogen-bond acceptors (Lipinski definition) is 3. The molecule has 0 radical (unpaired) electrons. The number of urea groups is 1. The zero-order valence-corrected chi connectivity index (χ0v) is 12.3. The van der Waals surface area contributed by atoms with E-state index in [-0.39, 0.29) is 18.7 Å². The third-order valence-electron chi connectivity index (χ3n) is 3.42. The highest BCUT2D eigenvalue weighted by Crippen LogP contribution is 2.21. The van der Waals surface area contributed by atoms with Crippen molar-refractivity contribution >= 4 is 11.7 Å². The molecule has 0 saturated carbocycles. The SMILES string of the molecule is C=C(C)COc1cccc(NC(=O)N2CCC[C@H]2CO)c1. The Labute approximate surface area is 125 Å². The number of aliphatic hydroxyl groups excluding tert-OH is 1. The van der Waals surface area contributed by atoms with Crippen molar-refractivity contribution in [1.29, 1.82) is 0 Å². The van der Waals surface area contributed by atoms with Crippen LogP contribution >= 0.6 is 0 Å². The lowest BCUT2D eigenvalue weighted by molar-refractivity contribution is 0.166. The van der Waals surface area contributed by atoms with Crippen molar-refractivity contribution in [2.75, 3.05) is 25.1 Å². The van der Waals surface area contributed by atoms with Gasteiger partial charge in [-0.15, -0.1) is 0 Å². The molecule has 1 atom stereocenters. The van der Waals surface area contributed by atoms with Gasteiger partial charge in [0.2, 0.25) is 0 Å². The number of aliphatic hydroxyl groups is 1. The van der Waals surface area contributed by atoms with Gasteiger partial charge in [0.25, 0.3) is 0 Å². The molecule has 1 saturated heterocycles. The monoisotopic (exact) mass is 290 g/mol. The average Bonchev–Trinajstić information content (AvgIpc) is 2.94. The number of ether oxygens (including phenoxy) is 1. The number of rotatable bonds is 5. The molecule has 5 heteroatoms. The van der Waals surface area contributed by atoms with E-state index in [1.54, 1.807) is 11.0 Å². The van der Waals surface area contributed by atoms with Crippen molar-refractivity contribution in [2.24, 2.45) is 0 Å². The highest BCUT2D eigenvalue weighted by Gasteiger charge is 2.27. The largest absolute Gasteiger partial charge is 0.489 e. The van der Waals surface area contributed by atoms with Crippen molar-refractivity contribution in [2.45, 2.75) is 25.8 Å². The van der Waals surface area contributed by atoms with E-state index in [1.807, 2.05) is 25.1 Å². The topological polar surface area (TPSA) is 61.8 Å². The maximum atomic E-state index is 12.2. The quantitative estimate of drug-likeness (QED) is 0.819. The van der Waals surface area contributed by atoms with Gasteiger partial charge in [-0.3, -0.25) is 0 Å². The number of carbonyl (C=O) groups excluding carboxylic acids is 1. The Morgan fingerprint density at radius 2 is 2.38 bits per heavy atom. The normalized spacial score (nSPS) is 17.6. The molecule has 0 unspecified atom stereocenters. The predicted molar refractivity (Wildman–Crippen MR) is 82.6 cm³/mol. The second-order valence-electron chi connectivity index (χ2n) is 5.38. The summed E-state index contributed by atoms with van der Waals surface area (Å²) in [5.74, 6) is 0.691. The van der Waals surface area contributed by atoms with Gasteiger partial charge >= 0.3 is 6.03 Å². The molecule has 114 valence electrons. The van der Waals surface area contributed by atoms with Crippen LogP contribution in [0.3, 0.4) is 0 Å². The van der Waals surface area contributed by atoms with Crippen LogP contribution in [0.15, 0.2) is 36.4 Å². The summed E-state index contributed by atoms with van der Waals surface area (Å²) in [6.45, 7) is 6.83. The smallest absolute Gasteiger partial charge is 0.322 e. The van der Waals surface area contributed by atoms with Crippen LogP contribution in [0.2, 0.25) is 0 Å². The van der Waals surface area contributed by atoms with Gasteiger partial charge in [0.05, 0.1) is 12.6 Å². The Bertz CT molecular complexity index is 516. The van der Waals surface area contributed by atoms with Gasteiger partial charge in [-0.1, -0.05) is 12.6 Å². The molecule has 1 fully saturated rings. The molecule has 2 amide bonds. The third-order valence-corrected chi connectivity index (χ3v) is 3.42. The van der Waals surface area contributed by atoms with Crippen molar-refractivity contribution in [3.05, 3.63) is 36.4 Å². The highest BCUT2D eigenvalue weighted by atomic mass is 16.5. The molecule has 0 aromatic heterocycles. The van der Waals surface area contributed by atoms with Gasteiger partial charge in [0.15, 0.2) is 0 Å². The lowest BCUT2D eigenvalue weighted by Crippen LogP contribution is -2.40. The molecule has 1 heterocycles. The molecule has 1 aromatic carbocycles. The van der Waals surface area contributed by atoms with Crippen molar-refractivity contribution in [1.82, 2.24) is 4.90 Å². The van der Waals surface area contributed by atoms with E-state index >= 15 is 0 Å². The number of likely N-dealkylation sites (tertiary alicyclic amines) is 1. The fourth-order valence-electron chi connectivity index (χ4n) is 2.36. The van der Waals surface area contributed by atoms with E-state index < -0.39 is 0 Å². The number of hydrogen-bond donors (Lipinski definition) is 2. The number of nitrogens with one attached hydrogen (secondary N) is 1. The lowest BCUT2D eigenvalue weighted by Gasteiger charge is -2.23. The minimum atomic E-state index is -0.177. The Hall–Kier alpha value is -2.01. The molecule has 21 heavy (non-hydrogen) atoms. The summed E-state index contributed by atoms with van der Waals surface area (Å²) < 4.78 is 5.55. The lowest BCUT2D eigenvalue weighted by atomic mass is 10.2. The summed E-state index contributed by atoms with van der Waals surface area (Å²) >= 11 is 0. The first-order chi connectivity index (χ1) is 10.1. The van der Waals surface area contributed by atoms with Gasteiger partial charge in [-0.05, 0) is 37.5 Å². The zero-order chi connectivity index (χ0) is 15.2. The highest BCUT2D eigenvalue weighted by molar-refractivity contribution is 5.89. The molecule has 2 N–H and O–H groups in total. The average molecular weight is 290 g/mol. The zero-order valence-electron chi connectivity index (χ0n) is 12.3. The molecule has 1 aliphatic rings. The van der Waals surface area contributed by atoms with Crippen LogP contribution in [0.1, 0.15) is 19.8 Å². The Morgan fingerprint density at radius 1 is 1.57 bits per heavy atom. The number of nitrogens with zero attached hydrogens (tertiary/aromatic N) is 1. The summed E-state index contributed by atoms with van der Waals surface area (Å²) in [5, 5.41) is 12.1. The first-order valence-electron chi connectivity index (χ1n) is 7.16. The number of amides is 2. The van der Waals surface area contributed by atoms with E-state index in [9.17, 15) is 9.90 Å². The van der Waals surface area contributed by atoms with Crippen molar-refractivity contribution in [3.63, 3.8) is 0 Å². The Balaban J connectivity index is 1.97. The van der Waals surface area contributed by atoms with Gasteiger partial charge in [0, 0.05) is 18.3 Å². The van der Waals surface area contributed by atoms with Crippen LogP contribution in [0.25, 0.3) is 0 Å². The molecular weight excluding hydrogens is 268 g/mol. The minimum absolute atomic E-state index is 0.00911. The van der Waals surface area contributed by atoms with Gasteiger partial charge in [-0.25, -0.2) is 4.79 Å². The fraction of sp³-hybridized carbons (Fsp3) is 0.438. The fourth-order valence-corrected chi connectivity index (χ4v) is 2.36. The predicted octanol–water partition coefficient (Wildman–Crippen LogP) is 2.63. The molecular formula is C16H22N2O3. The summed E-state index contributed by atoms with van der Waals surface area (Å²) in [6, 6.07) is 7.01. The molecule has 2 rings (SSSR count). The Morgan fingerprint density at radius 3 is 3.10 bits per heavy atom. The van der Waals surface area contributed by atoms with Gasteiger partial charge in [0.1, 0.15) is 12.4 Å². The van der Waals surface area contributed by atoms with Crippen LogP contribution in [-0.2, 0) is 0 Å². The first kappa shape index (κ1) is 15.4. The van der Waals surface area contributed by atoms with Gasteiger partial charge in [-0.2, -0.15) is 0 Å². The number of carbonyl (C=O) groups is 1. The molecule has 1 aromatic rings. The molecule has 1 aliphatic heterocycles. The van der Waals surface area contributed by atoms with E-state index in [4.69, 9.17) is 4.74 Å². The van der Waals surface area contributed by atoms with Crippen LogP contribution in [0.4, 0.5) is 10.5 Å². The molecule has 5 nitrogen and oxygen atoms in total. The van der Waals surface area contributed by atoms with Crippen molar-refractivity contribution in [3.8, 4) is 5.75 Å². The van der Waals surface area contributed by atoms with E-state index in [2.05, 4.69) is 11.9 Å².